The molecular weight excluding hydrogens is 333 g/mol. The van der Waals surface area contributed by atoms with Crippen molar-refractivity contribution in [3.63, 3.8) is 0 Å². The Morgan fingerprint density at radius 1 is 1.40 bits per heavy atom. The summed E-state index contributed by atoms with van der Waals surface area (Å²) < 4.78 is 0. The zero-order valence-corrected chi connectivity index (χ0v) is 8.03. The maximum atomic E-state index is 8.00. The molecule has 0 unspecified atom stereocenters. The van der Waals surface area contributed by atoms with Crippen molar-refractivity contribution in [3.8, 4) is 0 Å². The molecule has 5 heavy (non-hydrogen) atoms. The molecule has 0 fully saturated rings. The van der Waals surface area contributed by atoms with Gasteiger partial charge in [0.15, 0.2) is 0 Å². The average Bonchev–Trinajstić information content (AvgIpc) is 1.46. The number of carbonyl (C=O) groups is 1. The molecule has 0 rings (SSSR count). The molecule has 31 valence electrons. The predicted octanol–water partition coefficient (Wildman–Crippen LogP) is 1.58. The summed E-state index contributed by atoms with van der Waals surface area (Å²) in [4.78, 5) is 8.00. The molecule has 0 aliphatic heterocycles. The zero-order chi connectivity index (χ0) is 4.71. The van der Waals surface area contributed by atoms with Gasteiger partial charge in [0.25, 0.3) is 0 Å². The molecule has 0 heterocycles. The summed E-state index contributed by atoms with van der Waals surface area (Å²) in [5.74, 6) is 0. The fourth-order valence-corrected chi connectivity index (χ4v) is 0. The molecular formula is CH2I2OV. The Balaban J connectivity index is 0. The van der Waals surface area contributed by atoms with E-state index >= 15 is 0 Å². The Bertz CT molecular complexity index is 13.6. The Morgan fingerprint density at radius 3 is 1.40 bits per heavy atom. The normalized spacial score (nSPS) is 3.60. The second-order valence-electron chi connectivity index (χ2n) is 0.0639. The van der Waals surface area contributed by atoms with Crippen LogP contribution in [0.15, 0.2) is 0 Å². The van der Waals surface area contributed by atoms with E-state index in [0.29, 0.717) is 9.47 Å². The van der Waals surface area contributed by atoms with Gasteiger partial charge in [-0.3, -0.25) is 0 Å². The van der Waals surface area contributed by atoms with Crippen LogP contribution in [-0.2, 0) is 14.3 Å². The first-order valence-electron chi connectivity index (χ1n) is 0.627. The summed E-state index contributed by atoms with van der Waals surface area (Å²) >= 11 is 4.74. The summed E-state index contributed by atoms with van der Waals surface area (Å²) in [7, 11) is 0.628. The molecule has 0 amide bonds. The van der Waals surface area contributed by atoms with Crippen LogP contribution in [0.1, 0.15) is 0 Å². The minimum absolute atomic E-state index is 0.628. The summed E-state index contributed by atoms with van der Waals surface area (Å²) in [6.07, 6.45) is 0. The Morgan fingerprint density at radius 2 is 1.40 bits per heavy atom. The van der Waals surface area contributed by atoms with Crippen molar-refractivity contribution in [3.05, 3.63) is 0 Å². The van der Waals surface area contributed by atoms with Crippen LogP contribution in [0, 0.1) is 0 Å². The summed E-state index contributed by atoms with van der Waals surface area (Å²) in [5.41, 5.74) is 0. The van der Waals surface area contributed by atoms with E-state index in [9.17, 15) is 0 Å². The second kappa shape index (κ2) is 17.2. The van der Waals surface area contributed by atoms with Crippen LogP contribution >= 0.6 is 40.0 Å². The third kappa shape index (κ3) is 26.8. The fourth-order valence-electron chi connectivity index (χ4n) is 0. The minimum atomic E-state index is 0.628. The van der Waals surface area contributed by atoms with Gasteiger partial charge < -0.3 is 4.79 Å². The van der Waals surface area contributed by atoms with Crippen molar-refractivity contribution in [1.29, 1.82) is 0 Å². The first-order valence-corrected chi connectivity index (χ1v) is 9.64. The van der Waals surface area contributed by atoms with Crippen LogP contribution in [0.4, 0.5) is 0 Å². The molecule has 0 spiro atoms. The molecule has 0 aromatic carbocycles. The monoisotopic (exact) mass is 335 g/mol. The first-order chi connectivity index (χ1) is 2.41. The van der Waals surface area contributed by atoms with Crippen LogP contribution in [0.5, 0.6) is 0 Å². The van der Waals surface area contributed by atoms with Crippen molar-refractivity contribution in [2.24, 2.45) is 0 Å². The Hall–Kier alpha value is 1.71. The predicted molar refractivity (Wildman–Crippen MR) is 35.2 cm³/mol. The average molecular weight is 335 g/mol. The molecule has 0 saturated heterocycles. The summed E-state index contributed by atoms with van der Waals surface area (Å²) in [6, 6.07) is 0. The van der Waals surface area contributed by atoms with Crippen LogP contribution < -0.4 is 0 Å². The van der Waals surface area contributed by atoms with E-state index in [1.165, 1.54) is 0 Å². The van der Waals surface area contributed by atoms with Gasteiger partial charge in [-0.15, -0.1) is 0 Å². The van der Waals surface area contributed by atoms with Crippen molar-refractivity contribution >= 4 is 46.7 Å². The number of hydrogen-bond donors (Lipinski definition) is 0. The van der Waals surface area contributed by atoms with Gasteiger partial charge in [0.05, 0.1) is 0 Å². The van der Waals surface area contributed by atoms with Crippen LogP contribution in [-0.4, -0.2) is 6.79 Å². The van der Waals surface area contributed by atoms with Crippen molar-refractivity contribution in [2.75, 3.05) is 0 Å². The van der Waals surface area contributed by atoms with Crippen LogP contribution in [0.2, 0.25) is 0 Å². The topological polar surface area (TPSA) is 17.1 Å². The fraction of sp³-hybridized carbons (Fsp3) is 0. The molecule has 1 nitrogen and oxygen atoms in total. The Labute approximate surface area is 60.1 Å². The number of rotatable bonds is 0. The number of hydrogen-bond acceptors (Lipinski definition) is 1. The van der Waals surface area contributed by atoms with Crippen LogP contribution in [0.3, 0.4) is 0 Å². The molecule has 0 aliphatic rings. The van der Waals surface area contributed by atoms with E-state index in [2.05, 4.69) is 40.0 Å². The van der Waals surface area contributed by atoms with E-state index in [4.69, 9.17) is 4.79 Å². The van der Waals surface area contributed by atoms with Crippen molar-refractivity contribution < 1.29 is 14.3 Å². The van der Waals surface area contributed by atoms with Gasteiger partial charge in [-0.05, 0) is 0 Å². The molecule has 0 aromatic rings. The number of carbonyl (C=O) groups excluding carboxylic acids is 1. The van der Waals surface area contributed by atoms with Gasteiger partial charge in [0, 0.05) is 0 Å². The third-order valence-electron chi connectivity index (χ3n) is 0. The zero-order valence-electron chi connectivity index (χ0n) is 2.32. The third-order valence-corrected chi connectivity index (χ3v) is 0. The number of halogens is 2. The quantitative estimate of drug-likeness (QED) is 0.615. The molecule has 4 heteroatoms. The standard InChI is InChI=1S/CH2O.2HI.V/c1-2;;;/h1H2;2*1H;/q;;;+2/p-2. The van der Waals surface area contributed by atoms with Gasteiger partial charge in [-0.2, -0.15) is 0 Å². The van der Waals surface area contributed by atoms with Gasteiger partial charge in [0.2, 0.25) is 0 Å². The molecule has 0 atom stereocenters. The van der Waals surface area contributed by atoms with E-state index in [-0.39, 0.29) is 0 Å². The van der Waals surface area contributed by atoms with Gasteiger partial charge in [-0.1, -0.05) is 0 Å². The van der Waals surface area contributed by atoms with Crippen molar-refractivity contribution in [2.45, 2.75) is 0 Å². The summed E-state index contributed by atoms with van der Waals surface area (Å²) in [5, 5.41) is 0. The van der Waals surface area contributed by atoms with E-state index in [1.807, 2.05) is 6.79 Å². The molecule has 0 N–H and O–H groups in total. The van der Waals surface area contributed by atoms with Crippen LogP contribution in [0.25, 0.3) is 0 Å². The SMILES string of the molecule is C=O.[I][V][I]. The second-order valence-corrected chi connectivity index (χ2v) is 11.9. The molecule has 0 saturated carbocycles. The van der Waals surface area contributed by atoms with Gasteiger partial charge in [0.1, 0.15) is 6.79 Å². The van der Waals surface area contributed by atoms with E-state index < -0.39 is 0 Å². The van der Waals surface area contributed by atoms with Gasteiger partial charge >= 0.3 is 49.4 Å². The molecule has 0 bridgehead atoms. The van der Waals surface area contributed by atoms with E-state index in [1.54, 1.807) is 0 Å². The van der Waals surface area contributed by atoms with E-state index in [0.717, 1.165) is 0 Å². The maximum absolute atomic E-state index is 8.00. The first kappa shape index (κ1) is 9.86. The molecule has 0 radical (unpaired) electrons. The molecule has 0 aromatic heterocycles. The van der Waals surface area contributed by atoms with Crippen molar-refractivity contribution in [1.82, 2.24) is 0 Å². The molecule has 0 aliphatic carbocycles. The summed E-state index contributed by atoms with van der Waals surface area (Å²) in [6.45, 7) is 2.00. The van der Waals surface area contributed by atoms with Gasteiger partial charge in [-0.25, -0.2) is 0 Å². The Kier molecular flexibility index (Phi) is 34.0.